The third-order valence-corrected chi connectivity index (χ3v) is 3.04. The topological polar surface area (TPSA) is 37.3 Å². The van der Waals surface area contributed by atoms with Crippen molar-refractivity contribution in [3.05, 3.63) is 36.5 Å². The van der Waals surface area contributed by atoms with Crippen LogP contribution in [0.25, 0.3) is 0 Å². The van der Waals surface area contributed by atoms with Gasteiger partial charge in [-0.05, 0) is 38.5 Å². The quantitative estimate of drug-likeness (QED) is 0.302. The molecule has 0 bridgehead atoms. The molecule has 118 valence electrons. The van der Waals surface area contributed by atoms with Gasteiger partial charge in [0, 0.05) is 6.42 Å². The van der Waals surface area contributed by atoms with Crippen molar-refractivity contribution in [2.24, 2.45) is 0 Å². The average molecular weight is 321 g/mol. The molecule has 3 heteroatoms. The van der Waals surface area contributed by atoms with Crippen molar-refractivity contribution in [1.82, 2.24) is 0 Å². The van der Waals surface area contributed by atoms with Gasteiger partial charge in [-0.2, -0.15) is 0 Å². The molecule has 0 amide bonds. The molecule has 1 N–H and O–H groups in total. The van der Waals surface area contributed by atoms with Crippen LogP contribution in [-0.4, -0.2) is 48.8 Å². The third kappa shape index (κ3) is 22.4. The van der Waals surface area contributed by atoms with Crippen molar-refractivity contribution >= 4 is 43.7 Å². The van der Waals surface area contributed by atoms with E-state index in [0.717, 1.165) is 44.9 Å². The van der Waals surface area contributed by atoms with E-state index in [1.54, 1.807) is 0 Å². The molecule has 0 aliphatic rings. The standard InChI is InChI=1S/C18H30O2.Ca.2H/c1-2-3-4-5-6-7-8-9-10-11-12-13-14-15-16-17-18(19)20;;;/h3-4,6-7,9-10H,2,5,8,11-17H2,1H3,(H,19,20);;;/b4-3-,7-6-,10-9-;;;. The normalized spacial score (nSPS) is 11.5. The van der Waals surface area contributed by atoms with Crippen LogP contribution >= 0.6 is 0 Å². The number of unbranched alkanes of at least 4 members (excludes halogenated alkanes) is 5. The number of aliphatic carboxylic acids is 1. The summed E-state index contributed by atoms with van der Waals surface area (Å²) in [5.74, 6) is -0.675. The van der Waals surface area contributed by atoms with Gasteiger partial charge in [-0.15, -0.1) is 0 Å². The fraction of sp³-hybridized carbons (Fsp3) is 0.611. The average Bonchev–Trinajstić information content (AvgIpc) is 2.43. The fourth-order valence-electron chi connectivity index (χ4n) is 1.90. The zero-order chi connectivity index (χ0) is 14.9. The zero-order valence-corrected chi connectivity index (χ0v) is 12.9. The van der Waals surface area contributed by atoms with E-state index >= 15 is 0 Å². The summed E-state index contributed by atoms with van der Waals surface area (Å²) in [7, 11) is 0. The van der Waals surface area contributed by atoms with Crippen molar-refractivity contribution in [3.63, 3.8) is 0 Å². The monoisotopic (exact) mass is 320 g/mol. The van der Waals surface area contributed by atoms with Gasteiger partial charge in [0.1, 0.15) is 0 Å². The van der Waals surface area contributed by atoms with Crippen LogP contribution in [0.5, 0.6) is 0 Å². The van der Waals surface area contributed by atoms with Crippen LogP contribution < -0.4 is 0 Å². The van der Waals surface area contributed by atoms with Crippen LogP contribution in [0.3, 0.4) is 0 Å². The minimum atomic E-state index is -0.675. The van der Waals surface area contributed by atoms with Crippen LogP contribution in [0.2, 0.25) is 0 Å². The Balaban J connectivity index is 0. The number of carboxylic acids is 1. The maximum absolute atomic E-state index is 10.3. The number of carboxylic acid groups (broad SMARTS) is 1. The molecule has 0 aromatic heterocycles. The summed E-state index contributed by atoms with van der Waals surface area (Å²) in [6, 6.07) is 0. The van der Waals surface area contributed by atoms with E-state index in [2.05, 4.69) is 43.4 Å². The maximum atomic E-state index is 10.3. The van der Waals surface area contributed by atoms with Crippen molar-refractivity contribution in [1.29, 1.82) is 0 Å². The van der Waals surface area contributed by atoms with Crippen molar-refractivity contribution in [2.75, 3.05) is 0 Å². The number of hydrogen-bond acceptors (Lipinski definition) is 1. The molecule has 0 heterocycles. The molecule has 0 unspecified atom stereocenters. The molecule has 0 rings (SSSR count). The van der Waals surface area contributed by atoms with Gasteiger partial charge < -0.3 is 5.11 Å². The second-order valence-corrected chi connectivity index (χ2v) is 4.99. The van der Waals surface area contributed by atoms with Crippen LogP contribution in [0.1, 0.15) is 71.1 Å². The first kappa shape index (κ1) is 23.2. The Morgan fingerprint density at radius 1 is 0.810 bits per heavy atom. The Kier molecular flexibility index (Phi) is 22.1. The Morgan fingerprint density at radius 3 is 1.95 bits per heavy atom. The first-order valence-corrected chi connectivity index (χ1v) is 7.94. The molecular weight excluding hydrogens is 288 g/mol. The van der Waals surface area contributed by atoms with Gasteiger partial charge in [0.25, 0.3) is 0 Å². The number of hydrogen-bond donors (Lipinski definition) is 1. The van der Waals surface area contributed by atoms with Crippen molar-refractivity contribution < 1.29 is 9.90 Å². The molecule has 0 aromatic carbocycles. The van der Waals surface area contributed by atoms with Crippen LogP contribution in [-0.2, 0) is 4.79 Å². The van der Waals surface area contributed by atoms with E-state index in [-0.39, 0.29) is 37.7 Å². The van der Waals surface area contributed by atoms with Crippen LogP contribution in [0.15, 0.2) is 36.5 Å². The van der Waals surface area contributed by atoms with Crippen LogP contribution in [0.4, 0.5) is 0 Å². The molecule has 0 saturated heterocycles. The summed E-state index contributed by atoms with van der Waals surface area (Å²) in [4.78, 5) is 10.3. The Hall–Kier alpha value is -0.0503. The van der Waals surface area contributed by atoms with E-state index in [1.165, 1.54) is 12.8 Å². The van der Waals surface area contributed by atoms with E-state index in [0.29, 0.717) is 6.42 Å². The second-order valence-electron chi connectivity index (χ2n) is 4.99. The summed E-state index contributed by atoms with van der Waals surface area (Å²) in [6.07, 6.45) is 23.4. The van der Waals surface area contributed by atoms with Gasteiger partial charge in [0.15, 0.2) is 0 Å². The summed E-state index contributed by atoms with van der Waals surface area (Å²) in [5, 5.41) is 8.50. The second kappa shape index (κ2) is 19.9. The van der Waals surface area contributed by atoms with Gasteiger partial charge in [-0.3, -0.25) is 4.79 Å². The minimum absolute atomic E-state index is 0. The van der Waals surface area contributed by atoms with Crippen LogP contribution in [0, 0.1) is 0 Å². The Bertz CT molecular complexity index is 306. The summed E-state index contributed by atoms with van der Waals surface area (Å²) >= 11 is 0. The fourth-order valence-corrected chi connectivity index (χ4v) is 1.90. The molecular formula is C18H32CaO2. The van der Waals surface area contributed by atoms with Gasteiger partial charge in [0.05, 0.1) is 0 Å². The molecule has 2 nitrogen and oxygen atoms in total. The SMILES string of the molecule is CC/C=C\C/C=C\C/C=C\CCCCCCCC(=O)O.[CaH2]. The summed E-state index contributed by atoms with van der Waals surface area (Å²) in [5.41, 5.74) is 0. The third-order valence-electron chi connectivity index (χ3n) is 3.04. The van der Waals surface area contributed by atoms with E-state index in [4.69, 9.17) is 5.11 Å². The molecule has 0 spiro atoms. The number of rotatable bonds is 13. The van der Waals surface area contributed by atoms with E-state index < -0.39 is 5.97 Å². The molecule has 0 fully saturated rings. The Labute approximate surface area is 160 Å². The van der Waals surface area contributed by atoms with Gasteiger partial charge in [-0.1, -0.05) is 62.6 Å². The molecule has 0 radical (unpaired) electrons. The molecule has 0 aromatic rings. The molecule has 0 saturated carbocycles. The van der Waals surface area contributed by atoms with Crippen molar-refractivity contribution in [3.8, 4) is 0 Å². The summed E-state index contributed by atoms with van der Waals surface area (Å²) in [6.45, 7) is 2.15. The van der Waals surface area contributed by atoms with Gasteiger partial charge in [-0.25, -0.2) is 0 Å². The predicted molar refractivity (Wildman–Crippen MR) is 95.4 cm³/mol. The molecule has 0 aliphatic heterocycles. The van der Waals surface area contributed by atoms with E-state index in [1.807, 2.05) is 0 Å². The first-order chi connectivity index (χ1) is 9.77. The predicted octanol–water partition coefficient (Wildman–Crippen LogP) is 4.74. The first-order valence-electron chi connectivity index (χ1n) is 7.94. The van der Waals surface area contributed by atoms with Crippen molar-refractivity contribution in [2.45, 2.75) is 71.1 Å². The number of allylic oxidation sites excluding steroid dienone is 6. The molecule has 0 atom stereocenters. The van der Waals surface area contributed by atoms with Gasteiger partial charge >= 0.3 is 43.7 Å². The zero-order valence-electron chi connectivity index (χ0n) is 12.9. The summed E-state index contributed by atoms with van der Waals surface area (Å²) < 4.78 is 0. The molecule has 21 heavy (non-hydrogen) atoms. The number of carbonyl (C=O) groups is 1. The van der Waals surface area contributed by atoms with Gasteiger partial charge in [0.2, 0.25) is 0 Å². The molecule has 0 aliphatic carbocycles. The Morgan fingerprint density at radius 2 is 1.33 bits per heavy atom. The van der Waals surface area contributed by atoms with E-state index in [9.17, 15) is 4.79 Å².